The Bertz CT molecular complexity index is 967. The van der Waals surface area contributed by atoms with Crippen LogP contribution in [0.25, 0.3) is 5.69 Å². The molecule has 136 valence electrons. The van der Waals surface area contributed by atoms with Crippen LogP contribution in [-0.4, -0.2) is 29.0 Å². The molecule has 0 fully saturated rings. The first-order valence-corrected chi connectivity index (χ1v) is 8.50. The molecule has 6 heteroatoms. The van der Waals surface area contributed by atoms with Crippen LogP contribution in [0, 0.1) is 25.2 Å². The van der Waals surface area contributed by atoms with Gasteiger partial charge in [-0.2, -0.15) is 10.4 Å². The Balaban J connectivity index is 1.50. The van der Waals surface area contributed by atoms with Gasteiger partial charge in [0, 0.05) is 5.69 Å². The minimum Gasteiger partial charge on any atom is -0.490 e. The number of carbonyl (C=O) groups excluding carboxylic acids is 1. The molecule has 3 rings (SSSR count). The molecule has 0 aliphatic carbocycles. The number of aryl methyl sites for hydroxylation is 2. The van der Waals surface area contributed by atoms with Crippen LogP contribution in [0.2, 0.25) is 0 Å². The van der Waals surface area contributed by atoms with Crippen molar-refractivity contribution in [1.29, 1.82) is 5.26 Å². The van der Waals surface area contributed by atoms with Crippen LogP contribution in [0.4, 0.5) is 0 Å². The van der Waals surface area contributed by atoms with Gasteiger partial charge in [0.1, 0.15) is 19.0 Å². The zero-order valence-corrected chi connectivity index (χ0v) is 15.2. The second-order valence-electron chi connectivity index (χ2n) is 6.01. The van der Waals surface area contributed by atoms with E-state index in [4.69, 9.17) is 14.7 Å². The van der Waals surface area contributed by atoms with Crippen LogP contribution in [0.15, 0.2) is 54.6 Å². The SMILES string of the molecule is Cc1cc(C)n(-c2ccc(C(=O)OCCOc3ccc(C#N)cc3)cc2)n1. The molecule has 0 saturated heterocycles. The van der Waals surface area contributed by atoms with E-state index in [2.05, 4.69) is 5.10 Å². The average molecular weight is 361 g/mol. The van der Waals surface area contributed by atoms with Crippen molar-refractivity contribution in [1.82, 2.24) is 9.78 Å². The third-order valence-electron chi connectivity index (χ3n) is 3.93. The number of benzene rings is 2. The van der Waals surface area contributed by atoms with Crippen LogP contribution in [0.5, 0.6) is 5.75 Å². The first-order chi connectivity index (χ1) is 13.1. The van der Waals surface area contributed by atoms with Gasteiger partial charge in [-0.3, -0.25) is 0 Å². The molecule has 0 spiro atoms. The minimum atomic E-state index is -0.404. The lowest BCUT2D eigenvalue weighted by Crippen LogP contribution is -2.12. The first kappa shape index (κ1) is 18.2. The van der Waals surface area contributed by atoms with E-state index in [1.54, 1.807) is 36.4 Å². The number of nitrogens with zero attached hydrogens (tertiary/aromatic N) is 3. The number of aromatic nitrogens is 2. The summed E-state index contributed by atoms with van der Waals surface area (Å²) in [5.41, 5.74) is 3.90. The van der Waals surface area contributed by atoms with E-state index in [9.17, 15) is 4.79 Å². The highest BCUT2D eigenvalue weighted by Crippen LogP contribution is 2.14. The topological polar surface area (TPSA) is 77.1 Å². The van der Waals surface area contributed by atoms with Crippen LogP contribution in [0.1, 0.15) is 27.3 Å². The lowest BCUT2D eigenvalue weighted by atomic mass is 10.2. The average Bonchev–Trinajstić information content (AvgIpc) is 3.03. The summed E-state index contributed by atoms with van der Waals surface area (Å²) < 4.78 is 12.5. The Morgan fingerprint density at radius 1 is 1.07 bits per heavy atom. The van der Waals surface area contributed by atoms with Gasteiger partial charge in [0.2, 0.25) is 0 Å². The summed E-state index contributed by atoms with van der Waals surface area (Å²) in [6.45, 7) is 4.30. The lowest BCUT2D eigenvalue weighted by Gasteiger charge is -2.08. The van der Waals surface area contributed by atoms with Crippen LogP contribution in [0.3, 0.4) is 0 Å². The second kappa shape index (κ2) is 8.19. The summed E-state index contributed by atoms with van der Waals surface area (Å²) in [6, 6.07) is 17.9. The fraction of sp³-hybridized carbons (Fsp3) is 0.190. The monoisotopic (exact) mass is 361 g/mol. The van der Waals surface area contributed by atoms with Gasteiger partial charge in [0.05, 0.1) is 28.6 Å². The number of hydrogen-bond acceptors (Lipinski definition) is 5. The van der Waals surface area contributed by atoms with Crippen molar-refractivity contribution in [2.45, 2.75) is 13.8 Å². The molecule has 3 aromatic rings. The van der Waals surface area contributed by atoms with E-state index < -0.39 is 5.97 Å². The van der Waals surface area contributed by atoms with Crippen LogP contribution in [-0.2, 0) is 4.74 Å². The molecule has 0 amide bonds. The second-order valence-corrected chi connectivity index (χ2v) is 6.01. The van der Waals surface area contributed by atoms with E-state index in [0.29, 0.717) is 16.9 Å². The van der Waals surface area contributed by atoms with Gasteiger partial charge in [0.15, 0.2) is 0 Å². The molecule has 6 nitrogen and oxygen atoms in total. The molecule has 0 N–H and O–H groups in total. The summed E-state index contributed by atoms with van der Waals surface area (Å²) in [5, 5.41) is 13.2. The Morgan fingerprint density at radius 2 is 1.78 bits per heavy atom. The maximum absolute atomic E-state index is 12.1. The van der Waals surface area contributed by atoms with E-state index in [1.165, 1.54) is 0 Å². The summed E-state index contributed by atoms with van der Waals surface area (Å²) in [5.74, 6) is 0.220. The molecule has 0 aliphatic rings. The molecule has 27 heavy (non-hydrogen) atoms. The molecule has 0 atom stereocenters. The number of ether oxygens (including phenoxy) is 2. The van der Waals surface area contributed by atoms with Gasteiger partial charge in [0.25, 0.3) is 0 Å². The van der Waals surface area contributed by atoms with Crippen molar-refractivity contribution in [3.8, 4) is 17.5 Å². The predicted molar refractivity (Wildman–Crippen MR) is 100.0 cm³/mol. The standard InChI is InChI=1S/C21H19N3O3/c1-15-13-16(2)24(23-15)19-7-5-18(6-8-19)21(25)27-12-11-26-20-9-3-17(14-22)4-10-20/h3-10,13H,11-12H2,1-2H3. The van der Waals surface area contributed by atoms with Crippen LogP contribution < -0.4 is 4.74 Å². The van der Waals surface area contributed by atoms with Gasteiger partial charge >= 0.3 is 5.97 Å². The van der Waals surface area contributed by atoms with E-state index in [-0.39, 0.29) is 13.2 Å². The van der Waals surface area contributed by atoms with Crippen LogP contribution >= 0.6 is 0 Å². The maximum atomic E-state index is 12.1. The molecule has 0 unspecified atom stereocenters. The highest BCUT2D eigenvalue weighted by molar-refractivity contribution is 5.89. The largest absolute Gasteiger partial charge is 0.490 e. The van der Waals surface area contributed by atoms with E-state index in [0.717, 1.165) is 17.1 Å². The summed E-state index contributed by atoms with van der Waals surface area (Å²) >= 11 is 0. The summed E-state index contributed by atoms with van der Waals surface area (Å²) in [7, 11) is 0. The Labute approximate surface area is 157 Å². The normalized spacial score (nSPS) is 10.3. The minimum absolute atomic E-state index is 0.137. The molecule has 0 bridgehead atoms. The van der Waals surface area contributed by atoms with Crippen molar-refractivity contribution in [2.24, 2.45) is 0 Å². The van der Waals surface area contributed by atoms with Crippen molar-refractivity contribution < 1.29 is 14.3 Å². The number of esters is 1. The quantitative estimate of drug-likeness (QED) is 0.495. The van der Waals surface area contributed by atoms with Crippen molar-refractivity contribution in [3.63, 3.8) is 0 Å². The molecule has 0 saturated carbocycles. The maximum Gasteiger partial charge on any atom is 0.338 e. The Morgan fingerprint density at radius 3 is 2.37 bits per heavy atom. The van der Waals surface area contributed by atoms with E-state index in [1.807, 2.05) is 42.8 Å². The number of carbonyl (C=O) groups is 1. The van der Waals surface area contributed by atoms with Gasteiger partial charge in [-0.15, -0.1) is 0 Å². The van der Waals surface area contributed by atoms with Crippen molar-refractivity contribution >= 4 is 5.97 Å². The first-order valence-electron chi connectivity index (χ1n) is 8.50. The van der Waals surface area contributed by atoms with Crippen molar-refractivity contribution in [3.05, 3.63) is 77.1 Å². The number of hydrogen-bond donors (Lipinski definition) is 0. The molecular weight excluding hydrogens is 342 g/mol. The Kier molecular flexibility index (Phi) is 5.53. The molecule has 0 aliphatic heterocycles. The van der Waals surface area contributed by atoms with Gasteiger partial charge in [-0.25, -0.2) is 9.48 Å². The molecular formula is C21H19N3O3. The molecule has 1 heterocycles. The zero-order chi connectivity index (χ0) is 19.2. The molecule has 2 aromatic carbocycles. The highest BCUT2D eigenvalue weighted by Gasteiger charge is 2.09. The third-order valence-corrected chi connectivity index (χ3v) is 3.93. The summed E-state index contributed by atoms with van der Waals surface area (Å²) in [6.07, 6.45) is 0. The van der Waals surface area contributed by atoms with Gasteiger partial charge in [-0.1, -0.05) is 0 Å². The van der Waals surface area contributed by atoms with E-state index >= 15 is 0 Å². The molecule has 0 radical (unpaired) electrons. The number of nitriles is 1. The third kappa shape index (κ3) is 4.53. The fourth-order valence-corrected chi connectivity index (χ4v) is 2.63. The molecule has 1 aromatic heterocycles. The van der Waals surface area contributed by atoms with Gasteiger partial charge in [-0.05, 0) is 68.4 Å². The fourth-order valence-electron chi connectivity index (χ4n) is 2.63. The lowest BCUT2D eigenvalue weighted by molar-refractivity contribution is 0.0450. The van der Waals surface area contributed by atoms with Crippen molar-refractivity contribution in [2.75, 3.05) is 13.2 Å². The number of rotatable bonds is 6. The smallest absolute Gasteiger partial charge is 0.338 e. The summed E-state index contributed by atoms with van der Waals surface area (Å²) in [4.78, 5) is 12.1. The zero-order valence-electron chi connectivity index (χ0n) is 15.2. The Hall–Kier alpha value is -3.59. The predicted octanol–water partition coefficient (Wildman–Crippen LogP) is 3.60. The highest BCUT2D eigenvalue weighted by atomic mass is 16.6. The van der Waals surface area contributed by atoms with Gasteiger partial charge < -0.3 is 9.47 Å².